The van der Waals surface area contributed by atoms with E-state index >= 15 is 0 Å². The number of hydrogen-bond acceptors (Lipinski definition) is 6. The number of carboxylic acids is 1. The number of aliphatic hydroxyl groups is 1. The largest absolute Gasteiger partial charge is 0.490 e. The lowest BCUT2D eigenvalue weighted by Crippen LogP contribution is -2.44. The van der Waals surface area contributed by atoms with Crippen molar-refractivity contribution < 1.29 is 33.0 Å². The first-order chi connectivity index (χ1) is 15.6. The Labute approximate surface area is 188 Å². The summed E-state index contributed by atoms with van der Waals surface area (Å²) >= 11 is 0. The Morgan fingerprint density at radius 1 is 1.18 bits per heavy atom. The third-order valence-electron chi connectivity index (χ3n) is 5.72. The minimum absolute atomic E-state index is 0.123. The number of alkyl halides is 3. The Bertz CT molecular complexity index is 958. The molecule has 2 fully saturated rings. The fourth-order valence-corrected chi connectivity index (χ4v) is 3.90. The van der Waals surface area contributed by atoms with Crippen LogP contribution in [0.25, 0.3) is 0 Å². The topological polar surface area (TPSA) is 121 Å². The van der Waals surface area contributed by atoms with Crippen molar-refractivity contribution in [1.82, 2.24) is 25.2 Å². The third kappa shape index (κ3) is 6.08. The van der Waals surface area contributed by atoms with E-state index in [1.54, 1.807) is 10.9 Å². The van der Waals surface area contributed by atoms with Crippen LogP contribution >= 0.6 is 0 Å². The van der Waals surface area contributed by atoms with E-state index in [0.29, 0.717) is 11.7 Å². The number of aliphatic carboxylic acids is 1. The van der Waals surface area contributed by atoms with Crippen LogP contribution in [0.4, 0.5) is 13.2 Å². The zero-order valence-corrected chi connectivity index (χ0v) is 18.0. The van der Waals surface area contributed by atoms with Gasteiger partial charge in [0.1, 0.15) is 17.8 Å². The van der Waals surface area contributed by atoms with Gasteiger partial charge in [-0.15, -0.1) is 5.10 Å². The van der Waals surface area contributed by atoms with Crippen molar-refractivity contribution in [2.75, 3.05) is 19.6 Å². The summed E-state index contributed by atoms with van der Waals surface area (Å²) < 4.78 is 33.4. The summed E-state index contributed by atoms with van der Waals surface area (Å²) in [5.74, 6) is -2.63. The van der Waals surface area contributed by atoms with Gasteiger partial charge in [0.05, 0.1) is 6.20 Å². The standard InChI is InChI=1S/C19H25N5O2.C2HF3O2/c1-13-2-4-14(5-3-13)18(25)16-12-24(22-21-16)17-8-11-23(19(17)26)15-6-9-20-10-7-15;3-2(4,5)1(6)7/h2-5,12,15,17-18,20,25H,6-11H2,1H3;(H,6,7). The predicted molar refractivity (Wildman–Crippen MR) is 110 cm³/mol. The molecule has 0 aliphatic carbocycles. The summed E-state index contributed by atoms with van der Waals surface area (Å²) in [5.41, 5.74) is 2.39. The number of carbonyl (C=O) groups is 2. The van der Waals surface area contributed by atoms with E-state index in [0.717, 1.165) is 50.0 Å². The van der Waals surface area contributed by atoms with E-state index in [4.69, 9.17) is 9.90 Å². The first-order valence-corrected chi connectivity index (χ1v) is 10.6. The Morgan fingerprint density at radius 3 is 2.36 bits per heavy atom. The second-order valence-electron chi connectivity index (χ2n) is 8.06. The molecule has 33 heavy (non-hydrogen) atoms. The second-order valence-corrected chi connectivity index (χ2v) is 8.06. The molecule has 2 saturated heterocycles. The number of likely N-dealkylation sites (tertiary alicyclic amines) is 1. The maximum atomic E-state index is 12.8. The Hall–Kier alpha value is -2.99. The zero-order chi connectivity index (χ0) is 24.2. The molecule has 3 N–H and O–H groups in total. The van der Waals surface area contributed by atoms with Crippen LogP contribution in [0.3, 0.4) is 0 Å². The van der Waals surface area contributed by atoms with Crippen molar-refractivity contribution in [3.05, 3.63) is 47.3 Å². The molecule has 1 amide bonds. The molecule has 2 unspecified atom stereocenters. The summed E-state index contributed by atoms with van der Waals surface area (Å²) in [5, 5.41) is 29.3. The van der Waals surface area contributed by atoms with Crippen LogP contribution in [0.2, 0.25) is 0 Å². The van der Waals surface area contributed by atoms with Gasteiger partial charge in [0.2, 0.25) is 5.91 Å². The highest BCUT2D eigenvalue weighted by Crippen LogP contribution is 2.28. The molecule has 2 atom stereocenters. The van der Waals surface area contributed by atoms with Gasteiger partial charge in [-0.3, -0.25) is 4.79 Å². The van der Waals surface area contributed by atoms with E-state index in [1.807, 2.05) is 36.1 Å². The predicted octanol–water partition coefficient (Wildman–Crippen LogP) is 1.83. The second kappa shape index (κ2) is 10.3. The van der Waals surface area contributed by atoms with E-state index < -0.39 is 18.2 Å². The molecule has 3 heterocycles. The van der Waals surface area contributed by atoms with Crippen molar-refractivity contribution in [2.45, 2.75) is 50.6 Å². The van der Waals surface area contributed by atoms with Crippen molar-refractivity contribution in [2.24, 2.45) is 0 Å². The highest BCUT2D eigenvalue weighted by molar-refractivity contribution is 5.82. The molecule has 0 bridgehead atoms. The summed E-state index contributed by atoms with van der Waals surface area (Å²) in [6, 6.07) is 7.71. The highest BCUT2D eigenvalue weighted by Gasteiger charge is 2.39. The maximum absolute atomic E-state index is 12.8. The molecule has 12 heteroatoms. The first kappa shape index (κ1) is 24.6. The molecule has 1 aromatic heterocycles. The van der Waals surface area contributed by atoms with Crippen molar-refractivity contribution in [3.8, 4) is 0 Å². The summed E-state index contributed by atoms with van der Waals surface area (Å²) in [6.45, 7) is 4.71. The van der Waals surface area contributed by atoms with Crippen LogP contribution in [-0.4, -0.2) is 73.8 Å². The van der Waals surface area contributed by atoms with Gasteiger partial charge in [0.25, 0.3) is 0 Å². The number of hydrogen-bond donors (Lipinski definition) is 3. The monoisotopic (exact) mass is 469 g/mol. The molecule has 2 aliphatic heterocycles. The molecule has 0 radical (unpaired) electrons. The van der Waals surface area contributed by atoms with Gasteiger partial charge < -0.3 is 20.4 Å². The fraction of sp³-hybridized carbons (Fsp3) is 0.524. The van der Waals surface area contributed by atoms with Crippen LogP contribution in [0.1, 0.15) is 48.2 Å². The number of amides is 1. The van der Waals surface area contributed by atoms with Gasteiger partial charge in [0, 0.05) is 12.6 Å². The van der Waals surface area contributed by atoms with Crippen molar-refractivity contribution in [1.29, 1.82) is 0 Å². The molecule has 9 nitrogen and oxygen atoms in total. The zero-order valence-electron chi connectivity index (χ0n) is 18.0. The highest BCUT2D eigenvalue weighted by atomic mass is 19.4. The molecular weight excluding hydrogens is 443 g/mol. The maximum Gasteiger partial charge on any atom is 0.490 e. The molecular formula is C21H26F3N5O4. The average Bonchev–Trinajstić information content (AvgIpc) is 3.41. The SMILES string of the molecule is Cc1ccc(C(O)c2cn(C3CCN(C4CCNCC4)C3=O)nn2)cc1.O=C(O)C(F)(F)F. The summed E-state index contributed by atoms with van der Waals surface area (Å²) in [7, 11) is 0. The van der Waals surface area contributed by atoms with Crippen LogP contribution in [0.5, 0.6) is 0 Å². The summed E-state index contributed by atoms with van der Waals surface area (Å²) in [4.78, 5) is 23.7. The molecule has 180 valence electrons. The number of rotatable bonds is 4. The molecule has 4 rings (SSSR count). The van der Waals surface area contributed by atoms with Gasteiger partial charge in [-0.25, -0.2) is 9.48 Å². The minimum Gasteiger partial charge on any atom is -0.475 e. The van der Waals surface area contributed by atoms with Crippen LogP contribution in [0, 0.1) is 6.92 Å². The number of carbonyl (C=O) groups excluding carboxylic acids is 1. The van der Waals surface area contributed by atoms with Crippen LogP contribution < -0.4 is 5.32 Å². The van der Waals surface area contributed by atoms with Crippen LogP contribution in [0.15, 0.2) is 30.5 Å². The van der Waals surface area contributed by atoms with Crippen LogP contribution in [-0.2, 0) is 9.59 Å². The molecule has 1 aromatic carbocycles. The number of nitrogens with one attached hydrogen (secondary N) is 1. The van der Waals surface area contributed by atoms with Crippen molar-refractivity contribution in [3.63, 3.8) is 0 Å². The first-order valence-electron chi connectivity index (χ1n) is 10.6. The smallest absolute Gasteiger partial charge is 0.475 e. The summed E-state index contributed by atoms with van der Waals surface area (Å²) in [6.07, 6.45) is -1.45. The number of benzene rings is 1. The number of nitrogens with zero attached hydrogens (tertiary/aromatic N) is 4. The Kier molecular flexibility index (Phi) is 7.69. The fourth-order valence-electron chi connectivity index (χ4n) is 3.90. The lowest BCUT2D eigenvalue weighted by molar-refractivity contribution is -0.192. The number of aromatic nitrogens is 3. The van der Waals surface area contributed by atoms with Gasteiger partial charge >= 0.3 is 12.1 Å². The molecule has 2 aliphatic rings. The van der Waals surface area contributed by atoms with Gasteiger partial charge in [-0.1, -0.05) is 35.0 Å². The van der Waals surface area contributed by atoms with Crippen molar-refractivity contribution >= 4 is 11.9 Å². The minimum atomic E-state index is -5.08. The van der Waals surface area contributed by atoms with Gasteiger partial charge in [0.15, 0.2) is 0 Å². The van der Waals surface area contributed by atoms with Gasteiger partial charge in [-0.2, -0.15) is 13.2 Å². The van der Waals surface area contributed by atoms with E-state index in [1.165, 1.54) is 0 Å². The number of aliphatic hydroxyl groups excluding tert-OH is 1. The van der Waals surface area contributed by atoms with Gasteiger partial charge in [-0.05, 0) is 44.8 Å². The number of halogens is 3. The lowest BCUT2D eigenvalue weighted by atomic mass is 10.1. The third-order valence-corrected chi connectivity index (χ3v) is 5.72. The molecule has 0 saturated carbocycles. The molecule has 0 spiro atoms. The number of carboxylic acid groups (broad SMARTS) is 1. The number of piperidine rings is 1. The average molecular weight is 469 g/mol. The Balaban J connectivity index is 0.000000383. The molecule has 2 aromatic rings. The van der Waals surface area contributed by atoms with E-state index in [9.17, 15) is 23.1 Å². The Morgan fingerprint density at radius 2 is 1.79 bits per heavy atom. The normalized spacial score (nSPS) is 20.3. The van der Waals surface area contributed by atoms with E-state index in [2.05, 4.69) is 15.6 Å². The lowest BCUT2D eigenvalue weighted by Gasteiger charge is -2.31. The quantitative estimate of drug-likeness (QED) is 0.625. The van der Waals surface area contributed by atoms with E-state index in [-0.39, 0.29) is 11.9 Å². The number of aryl methyl sites for hydroxylation is 1.